The van der Waals surface area contributed by atoms with Gasteiger partial charge in [0.15, 0.2) is 17.5 Å². The molecule has 8 nitrogen and oxygen atoms in total. The van der Waals surface area contributed by atoms with Crippen LogP contribution >= 0.6 is 0 Å². The van der Waals surface area contributed by atoms with Gasteiger partial charge >= 0.3 is 0 Å². The zero-order valence-electron chi connectivity index (χ0n) is 27.2. The van der Waals surface area contributed by atoms with Gasteiger partial charge in [0, 0.05) is 24.5 Å². The number of nitrogens with zero attached hydrogens (tertiary/aromatic N) is 4. The van der Waals surface area contributed by atoms with Gasteiger partial charge in [0.05, 0.1) is 30.0 Å². The molecule has 0 bridgehead atoms. The van der Waals surface area contributed by atoms with Crippen LogP contribution in [0.2, 0.25) is 0 Å². The molecule has 45 heavy (non-hydrogen) atoms. The molecule has 4 rings (SSSR count). The topological polar surface area (TPSA) is 103 Å². The van der Waals surface area contributed by atoms with E-state index in [1.165, 1.54) is 12.8 Å². The molecule has 2 aromatic carbocycles. The minimum Gasteiger partial charge on any atom is -0.507 e. The molecule has 2 aromatic heterocycles. The van der Waals surface area contributed by atoms with Crippen LogP contribution in [0.3, 0.4) is 0 Å². The first kappa shape index (κ1) is 33.6. The van der Waals surface area contributed by atoms with Crippen molar-refractivity contribution in [2.24, 2.45) is 11.8 Å². The minimum atomic E-state index is -0.00201. The third-order valence-electron chi connectivity index (χ3n) is 8.32. The molecule has 8 heteroatoms. The highest BCUT2D eigenvalue weighted by molar-refractivity contribution is 5.72. The number of hydrogen-bond acceptors (Lipinski definition) is 7. The molecule has 0 radical (unpaired) electrons. The highest BCUT2D eigenvalue weighted by Gasteiger charge is 2.19. The van der Waals surface area contributed by atoms with Crippen molar-refractivity contribution in [3.63, 3.8) is 0 Å². The number of aromatic nitrogens is 4. The summed E-state index contributed by atoms with van der Waals surface area (Å²) in [7, 11) is 0. The standard InChI is InChI=1S/C37H48N4O4/c1-6-11-14-26(8-3)24-44-28-17-19-30(33(42)22-28)35-38-36(40-37(39-35)32-16-13-21-41(32)10-5)31-20-18-29(23-34(31)43)45-25-27(9-4)15-12-7-2/h10,13,16-23,26-27,42-43H,5-9,11-12,14-15,24-25H2,1-4H3. The smallest absolute Gasteiger partial charge is 0.180 e. The van der Waals surface area contributed by atoms with Gasteiger partial charge in [-0.25, -0.2) is 15.0 Å². The van der Waals surface area contributed by atoms with Gasteiger partial charge in [-0.05, 0) is 61.1 Å². The number of phenolic OH excluding ortho intramolecular Hbond substituents is 2. The van der Waals surface area contributed by atoms with Gasteiger partial charge in [-0.15, -0.1) is 0 Å². The Morgan fingerprint density at radius 3 is 1.64 bits per heavy atom. The lowest BCUT2D eigenvalue weighted by Gasteiger charge is -2.16. The Balaban J connectivity index is 1.65. The van der Waals surface area contributed by atoms with E-state index in [-0.39, 0.29) is 23.1 Å². The first-order valence-electron chi connectivity index (χ1n) is 16.4. The maximum absolute atomic E-state index is 11.1. The number of phenols is 2. The predicted molar refractivity (Wildman–Crippen MR) is 181 cm³/mol. The van der Waals surface area contributed by atoms with E-state index in [4.69, 9.17) is 24.4 Å². The third-order valence-corrected chi connectivity index (χ3v) is 8.32. The Labute approximate surface area is 267 Å². The molecule has 0 aliphatic carbocycles. The summed E-state index contributed by atoms with van der Waals surface area (Å²) in [4.78, 5) is 14.2. The van der Waals surface area contributed by atoms with Gasteiger partial charge in [0.1, 0.15) is 23.0 Å². The Morgan fingerprint density at radius 2 is 1.22 bits per heavy atom. The maximum Gasteiger partial charge on any atom is 0.180 e. The van der Waals surface area contributed by atoms with Crippen LogP contribution < -0.4 is 9.47 Å². The van der Waals surface area contributed by atoms with E-state index >= 15 is 0 Å². The van der Waals surface area contributed by atoms with Crippen molar-refractivity contribution in [2.75, 3.05) is 13.2 Å². The molecular weight excluding hydrogens is 564 g/mol. The fourth-order valence-corrected chi connectivity index (χ4v) is 5.28. The Hall–Kier alpha value is -4.33. The maximum atomic E-state index is 11.1. The van der Waals surface area contributed by atoms with Crippen molar-refractivity contribution in [1.29, 1.82) is 0 Å². The molecule has 0 aliphatic rings. The normalized spacial score (nSPS) is 12.5. The van der Waals surface area contributed by atoms with Crippen LogP contribution in [-0.4, -0.2) is 42.9 Å². The van der Waals surface area contributed by atoms with E-state index in [1.54, 1.807) is 30.5 Å². The molecular formula is C37H48N4O4. The molecule has 2 N–H and O–H groups in total. The van der Waals surface area contributed by atoms with Gasteiger partial charge in [0.25, 0.3) is 0 Å². The van der Waals surface area contributed by atoms with Crippen LogP contribution in [0.1, 0.15) is 79.1 Å². The molecule has 0 aliphatic heterocycles. The molecule has 0 amide bonds. The van der Waals surface area contributed by atoms with Gasteiger partial charge in [-0.1, -0.05) is 72.8 Å². The predicted octanol–water partition coefficient (Wildman–Crippen LogP) is 9.38. The van der Waals surface area contributed by atoms with E-state index in [9.17, 15) is 10.2 Å². The summed E-state index contributed by atoms with van der Waals surface area (Å²) in [5, 5.41) is 22.2. The van der Waals surface area contributed by atoms with Crippen molar-refractivity contribution in [3.05, 3.63) is 61.3 Å². The second kappa shape index (κ2) is 16.7. The molecule has 0 saturated carbocycles. The monoisotopic (exact) mass is 612 g/mol. The lowest BCUT2D eigenvalue weighted by Crippen LogP contribution is -2.11. The Bertz CT molecular complexity index is 1450. The second-order valence-electron chi connectivity index (χ2n) is 11.6. The highest BCUT2D eigenvalue weighted by atomic mass is 16.5. The molecule has 0 saturated heterocycles. The third kappa shape index (κ3) is 8.87. The molecule has 240 valence electrons. The summed E-state index contributed by atoms with van der Waals surface area (Å²) in [5.74, 6) is 3.04. The number of aromatic hydroxyl groups is 2. The number of ether oxygens (including phenoxy) is 2. The quantitative estimate of drug-likeness (QED) is 0.115. The van der Waals surface area contributed by atoms with Crippen LogP contribution in [0.5, 0.6) is 23.0 Å². The SMILES string of the molecule is C=Cn1cccc1-c1nc(-c2ccc(OCC(CC)CCCC)cc2O)nc(-c2ccc(OCC(CC)CCCC)cc2O)n1. The minimum absolute atomic E-state index is 0.00201. The molecule has 4 aromatic rings. The van der Waals surface area contributed by atoms with Crippen LogP contribution in [0.4, 0.5) is 0 Å². The summed E-state index contributed by atoms with van der Waals surface area (Å²) in [6, 6.07) is 14.1. The van der Waals surface area contributed by atoms with Crippen LogP contribution in [0.15, 0.2) is 61.3 Å². The van der Waals surface area contributed by atoms with Gasteiger partial charge in [-0.2, -0.15) is 0 Å². The number of benzene rings is 2. The van der Waals surface area contributed by atoms with E-state index < -0.39 is 0 Å². The summed E-state index contributed by atoms with van der Waals surface area (Å²) >= 11 is 0. The molecule has 2 atom stereocenters. The number of hydrogen-bond donors (Lipinski definition) is 2. The fraction of sp³-hybridized carbons (Fsp3) is 0.432. The molecule has 2 unspecified atom stereocenters. The van der Waals surface area contributed by atoms with E-state index in [2.05, 4.69) is 34.3 Å². The molecule has 0 spiro atoms. The van der Waals surface area contributed by atoms with Gasteiger partial charge in [-0.3, -0.25) is 0 Å². The number of rotatable bonds is 18. The Morgan fingerprint density at radius 1 is 0.733 bits per heavy atom. The van der Waals surface area contributed by atoms with Crippen LogP contribution in [0.25, 0.3) is 40.5 Å². The van der Waals surface area contributed by atoms with E-state index in [1.807, 2.05) is 35.0 Å². The summed E-state index contributed by atoms with van der Waals surface area (Å²) in [6.45, 7) is 13.8. The highest BCUT2D eigenvalue weighted by Crippen LogP contribution is 2.36. The second-order valence-corrected chi connectivity index (χ2v) is 11.6. The van der Waals surface area contributed by atoms with Crippen molar-refractivity contribution in [1.82, 2.24) is 19.5 Å². The van der Waals surface area contributed by atoms with Crippen molar-refractivity contribution in [3.8, 4) is 57.3 Å². The van der Waals surface area contributed by atoms with Crippen LogP contribution in [-0.2, 0) is 0 Å². The first-order chi connectivity index (χ1) is 21.9. The lowest BCUT2D eigenvalue weighted by atomic mass is 10.0. The summed E-state index contributed by atoms with van der Waals surface area (Å²) in [5.41, 5.74) is 1.56. The summed E-state index contributed by atoms with van der Waals surface area (Å²) in [6.07, 6.45) is 12.5. The van der Waals surface area contributed by atoms with Crippen LogP contribution in [0, 0.1) is 11.8 Å². The van der Waals surface area contributed by atoms with Gasteiger partial charge < -0.3 is 24.3 Å². The lowest BCUT2D eigenvalue weighted by molar-refractivity contribution is 0.232. The summed E-state index contributed by atoms with van der Waals surface area (Å²) < 4.78 is 13.9. The number of unbranched alkanes of at least 4 members (excludes halogenated alkanes) is 2. The Kier molecular flexibility index (Phi) is 12.4. The van der Waals surface area contributed by atoms with E-state index in [0.29, 0.717) is 59.2 Å². The first-order valence-corrected chi connectivity index (χ1v) is 16.4. The largest absolute Gasteiger partial charge is 0.507 e. The molecule has 0 fully saturated rings. The fourth-order valence-electron chi connectivity index (χ4n) is 5.28. The van der Waals surface area contributed by atoms with Crippen molar-refractivity contribution in [2.45, 2.75) is 79.1 Å². The zero-order chi connectivity index (χ0) is 32.2. The van der Waals surface area contributed by atoms with Crippen molar-refractivity contribution >= 4 is 6.20 Å². The van der Waals surface area contributed by atoms with Gasteiger partial charge in [0.2, 0.25) is 0 Å². The average molecular weight is 613 g/mol. The van der Waals surface area contributed by atoms with Crippen molar-refractivity contribution < 1.29 is 19.7 Å². The zero-order valence-corrected chi connectivity index (χ0v) is 27.2. The molecule has 2 heterocycles. The van der Waals surface area contributed by atoms with E-state index in [0.717, 1.165) is 38.5 Å². The average Bonchev–Trinajstić information content (AvgIpc) is 3.54.